The molecule has 0 bridgehead atoms. The lowest BCUT2D eigenvalue weighted by atomic mass is 10.1. The van der Waals surface area contributed by atoms with Crippen molar-refractivity contribution in [3.05, 3.63) is 24.2 Å². The predicted octanol–water partition coefficient (Wildman–Crippen LogP) is 0.251. The van der Waals surface area contributed by atoms with Crippen molar-refractivity contribution in [3.63, 3.8) is 0 Å². The van der Waals surface area contributed by atoms with Crippen molar-refractivity contribution in [1.82, 2.24) is 10.6 Å². The Kier molecular flexibility index (Phi) is 4.49. The number of hydrogen-bond donors (Lipinski definition) is 3. The van der Waals surface area contributed by atoms with E-state index in [2.05, 4.69) is 10.6 Å². The predicted molar refractivity (Wildman–Crippen MR) is 66.9 cm³/mol. The zero-order valence-electron chi connectivity index (χ0n) is 10.8. The molecule has 1 aromatic heterocycles. The van der Waals surface area contributed by atoms with Crippen LogP contribution in [0.25, 0.3) is 0 Å². The Morgan fingerprint density at radius 3 is 2.67 bits per heavy atom. The van der Waals surface area contributed by atoms with Crippen LogP contribution in [0.15, 0.2) is 22.8 Å². The van der Waals surface area contributed by atoms with Gasteiger partial charge in [-0.15, -0.1) is 0 Å². The van der Waals surface area contributed by atoms with Crippen LogP contribution in [-0.4, -0.2) is 29.9 Å². The lowest BCUT2D eigenvalue weighted by Gasteiger charge is -2.26. The van der Waals surface area contributed by atoms with Gasteiger partial charge in [0.25, 0.3) is 5.91 Å². The SMILES string of the molecule is CC(NC(=O)c1ccco1)C(=O)NC(C)(C)CN. The minimum atomic E-state index is -0.659. The average molecular weight is 253 g/mol. The van der Waals surface area contributed by atoms with E-state index in [1.165, 1.54) is 12.3 Å². The molecular weight excluding hydrogens is 234 g/mol. The third-order valence-corrected chi connectivity index (χ3v) is 2.46. The first-order valence-electron chi connectivity index (χ1n) is 5.72. The Balaban J connectivity index is 2.53. The molecule has 0 aliphatic carbocycles. The van der Waals surface area contributed by atoms with Crippen LogP contribution < -0.4 is 16.4 Å². The van der Waals surface area contributed by atoms with Crippen LogP contribution in [0.5, 0.6) is 0 Å². The fraction of sp³-hybridized carbons (Fsp3) is 0.500. The van der Waals surface area contributed by atoms with E-state index < -0.39 is 17.5 Å². The molecule has 0 aliphatic rings. The van der Waals surface area contributed by atoms with Gasteiger partial charge in [-0.05, 0) is 32.9 Å². The van der Waals surface area contributed by atoms with Gasteiger partial charge in [0.1, 0.15) is 6.04 Å². The molecule has 1 heterocycles. The fourth-order valence-corrected chi connectivity index (χ4v) is 1.23. The third kappa shape index (κ3) is 3.89. The lowest BCUT2D eigenvalue weighted by molar-refractivity contribution is -0.124. The Morgan fingerprint density at radius 2 is 2.17 bits per heavy atom. The van der Waals surface area contributed by atoms with Gasteiger partial charge in [-0.3, -0.25) is 9.59 Å². The number of carbonyl (C=O) groups is 2. The maximum atomic E-state index is 11.8. The standard InChI is InChI=1S/C12H19N3O3/c1-8(10(16)15-12(2,3)7-13)14-11(17)9-5-4-6-18-9/h4-6,8H,7,13H2,1-3H3,(H,14,17)(H,15,16). The zero-order chi connectivity index (χ0) is 13.8. The van der Waals surface area contributed by atoms with Gasteiger partial charge in [0.05, 0.1) is 6.26 Å². The first-order valence-corrected chi connectivity index (χ1v) is 5.72. The molecule has 6 heteroatoms. The van der Waals surface area contributed by atoms with Crippen LogP contribution in [0.1, 0.15) is 31.3 Å². The molecule has 1 aromatic rings. The number of rotatable bonds is 5. The maximum Gasteiger partial charge on any atom is 0.287 e. The number of amides is 2. The monoisotopic (exact) mass is 253 g/mol. The minimum absolute atomic E-state index is 0.174. The quantitative estimate of drug-likeness (QED) is 0.700. The highest BCUT2D eigenvalue weighted by atomic mass is 16.3. The summed E-state index contributed by atoms with van der Waals surface area (Å²) in [7, 11) is 0. The molecule has 0 fully saturated rings. The Labute approximate surface area is 106 Å². The van der Waals surface area contributed by atoms with Gasteiger partial charge in [0.2, 0.25) is 5.91 Å². The molecule has 0 aliphatic heterocycles. The van der Waals surface area contributed by atoms with Crippen LogP contribution in [0.3, 0.4) is 0 Å². The molecule has 0 saturated heterocycles. The summed E-state index contributed by atoms with van der Waals surface area (Å²) in [5, 5.41) is 5.29. The van der Waals surface area contributed by atoms with Crippen molar-refractivity contribution >= 4 is 11.8 Å². The number of hydrogen-bond acceptors (Lipinski definition) is 4. The molecule has 0 saturated carbocycles. The number of furan rings is 1. The molecule has 1 rings (SSSR count). The number of nitrogens with one attached hydrogen (secondary N) is 2. The second-order valence-electron chi connectivity index (χ2n) is 4.75. The van der Waals surface area contributed by atoms with Gasteiger partial charge in [-0.25, -0.2) is 0 Å². The number of nitrogens with two attached hydrogens (primary N) is 1. The maximum absolute atomic E-state index is 11.8. The summed E-state index contributed by atoms with van der Waals surface area (Å²) in [5.74, 6) is -0.536. The van der Waals surface area contributed by atoms with Gasteiger partial charge in [0.15, 0.2) is 5.76 Å². The molecule has 4 N–H and O–H groups in total. The highest BCUT2D eigenvalue weighted by Gasteiger charge is 2.23. The Bertz CT molecular complexity index is 412. The molecule has 100 valence electrons. The molecule has 2 amide bonds. The number of carbonyl (C=O) groups excluding carboxylic acids is 2. The van der Waals surface area contributed by atoms with Crippen LogP contribution >= 0.6 is 0 Å². The molecule has 0 radical (unpaired) electrons. The Morgan fingerprint density at radius 1 is 1.50 bits per heavy atom. The molecular formula is C12H19N3O3. The second kappa shape index (κ2) is 5.68. The minimum Gasteiger partial charge on any atom is -0.459 e. The van der Waals surface area contributed by atoms with E-state index in [1.54, 1.807) is 13.0 Å². The van der Waals surface area contributed by atoms with Crippen molar-refractivity contribution in [2.45, 2.75) is 32.4 Å². The molecule has 6 nitrogen and oxygen atoms in total. The van der Waals surface area contributed by atoms with Crippen LogP contribution in [0, 0.1) is 0 Å². The van der Waals surface area contributed by atoms with Crippen LogP contribution in [0.2, 0.25) is 0 Å². The smallest absolute Gasteiger partial charge is 0.287 e. The summed E-state index contributed by atoms with van der Waals surface area (Å²) in [6.45, 7) is 5.54. The molecule has 1 unspecified atom stereocenters. The van der Waals surface area contributed by atoms with Gasteiger partial charge < -0.3 is 20.8 Å². The van der Waals surface area contributed by atoms with Crippen LogP contribution in [0.4, 0.5) is 0 Å². The largest absolute Gasteiger partial charge is 0.459 e. The van der Waals surface area contributed by atoms with E-state index in [4.69, 9.17) is 10.2 Å². The van der Waals surface area contributed by atoms with Gasteiger partial charge in [0, 0.05) is 12.1 Å². The molecule has 1 atom stereocenters. The zero-order valence-corrected chi connectivity index (χ0v) is 10.8. The lowest BCUT2D eigenvalue weighted by Crippen LogP contribution is -2.54. The van der Waals surface area contributed by atoms with Crippen molar-refractivity contribution in [2.24, 2.45) is 5.73 Å². The van der Waals surface area contributed by atoms with E-state index in [1.807, 2.05) is 13.8 Å². The van der Waals surface area contributed by atoms with E-state index >= 15 is 0 Å². The van der Waals surface area contributed by atoms with Gasteiger partial charge >= 0.3 is 0 Å². The van der Waals surface area contributed by atoms with Gasteiger partial charge in [-0.1, -0.05) is 0 Å². The van der Waals surface area contributed by atoms with Crippen molar-refractivity contribution in [1.29, 1.82) is 0 Å². The van der Waals surface area contributed by atoms with Crippen molar-refractivity contribution in [3.8, 4) is 0 Å². The van der Waals surface area contributed by atoms with Crippen LogP contribution in [-0.2, 0) is 4.79 Å². The third-order valence-electron chi connectivity index (χ3n) is 2.46. The van der Waals surface area contributed by atoms with E-state index in [-0.39, 0.29) is 11.7 Å². The summed E-state index contributed by atoms with van der Waals surface area (Å²) in [5.41, 5.74) is 5.02. The highest BCUT2D eigenvalue weighted by molar-refractivity contribution is 5.95. The average Bonchev–Trinajstić information content (AvgIpc) is 2.81. The summed E-state index contributed by atoms with van der Waals surface area (Å²) in [4.78, 5) is 23.5. The second-order valence-corrected chi connectivity index (χ2v) is 4.75. The first kappa shape index (κ1) is 14.2. The highest BCUT2D eigenvalue weighted by Crippen LogP contribution is 2.02. The first-order chi connectivity index (χ1) is 8.35. The van der Waals surface area contributed by atoms with Crippen molar-refractivity contribution in [2.75, 3.05) is 6.54 Å². The topological polar surface area (TPSA) is 97.4 Å². The molecule has 0 aromatic carbocycles. The Hall–Kier alpha value is -1.82. The van der Waals surface area contributed by atoms with E-state index in [9.17, 15) is 9.59 Å². The molecule has 18 heavy (non-hydrogen) atoms. The molecule has 0 spiro atoms. The normalized spacial score (nSPS) is 12.9. The van der Waals surface area contributed by atoms with Crippen molar-refractivity contribution < 1.29 is 14.0 Å². The van der Waals surface area contributed by atoms with E-state index in [0.717, 1.165) is 0 Å². The van der Waals surface area contributed by atoms with E-state index in [0.29, 0.717) is 6.54 Å². The summed E-state index contributed by atoms with van der Waals surface area (Å²) in [6.07, 6.45) is 1.40. The summed E-state index contributed by atoms with van der Waals surface area (Å²) < 4.78 is 4.93. The summed E-state index contributed by atoms with van der Waals surface area (Å²) >= 11 is 0. The fourth-order valence-electron chi connectivity index (χ4n) is 1.23. The summed E-state index contributed by atoms with van der Waals surface area (Å²) in [6, 6.07) is 2.48. The van der Waals surface area contributed by atoms with Gasteiger partial charge in [-0.2, -0.15) is 0 Å².